The number of aryl methyl sites for hydroxylation is 1. The first-order chi connectivity index (χ1) is 15.4. The van der Waals surface area contributed by atoms with Gasteiger partial charge in [-0.15, -0.1) is 0 Å². The Kier molecular flexibility index (Phi) is 9.57. The van der Waals surface area contributed by atoms with Gasteiger partial charge in [-0.3, -0.25) is 13.9 Å². The smallest absolute Gasteiger partial charge is 0.244 e. The maximum absolute atomic E-state index is 13.4. The summed E-state index contributed by atoms with van der Waals surface area (Å²) in [6.45, 7) is 5.41. The second kappa shape index (κ2) is 11.7. The van der Waals surface area contributed by atoms with Gasteiger partial charge in [0.05, 0.1) is 11.9 Å². The molecule has 0 unspecified atom stereocenters. The van der Waals surface area contributed by atoms with Gasteiger partial charge in [-0.1, -0.05) is 42.3 Å². The van der Waals surface area contributed by atoms with Crippen molar-refractivity contribution in [2.24, 2.45) is 0 Å². The van der Waals surface area contributed by atoms with Crippen LogP contribution in [0.1, 0.15) is 31.4 Å². The Hall–Kier alpha value is -2.29. The highest BCUT2D eigenvalue weighted by atomic mass is 35.5. The fourth-order valence-electron chi connectivity index (χ4n) is 3.26. The molecular formula is C23H29Cl2N3O4S. The summed E-state index contributed by atoms with van der Waals surface area (Å²) < 4.78 is 26.2. The second-order valence-electron chi connectivity index (χ2n) is 7.82. The molecule has 0 aliphatic carbocycles. The van der Waals surface area contributed by atoms with Crippen molar-refractivity contribution in [3.8, 4) is 0 Å². The zero-order valence-corrected chi connectivity index (χ0v) is 21.5. The lowest BCUT2D eigenvalue weighted by Crippen LogP contribution is -2.51. The van der Waals surface area contributed by atoms with Gasteiger partial charge in [-0.25, -0.2) is 8.42 Å². The lowest BCUT2D eigenvalue weighted by molar-refractivity contribution is -0.139. The zero-order valence-electron chi connectivity index (χ0n) is 19.1. The maximum atomic E-state index is 13.4. The number of hydrogen-bond acceptors (Lipinski definition) is 4. The van der Waals surface area contributed by atoms with Crippen molar-refractivity contribution in [3.63, 3.8) is 0 Å². The molecule has 180 valence electrons. The quantitative estimate of drug-likeness (QED) is 0.519. The van der Waals surface area contributed by atoms with Crippen LogP contribution in [0.5, 0.6) is 0 Å². The molecule has 0 aliphatic rings. The van der Waals surface area contributed by atoms with E-state index >= 15 is 0 Å². The highest BCUT2D eigenvalue weighted by molar-refractivity contribution is 7.92. The molecule has 1 atom stereocenters. The molecule has 0 saturated carbocycles. The topological polar surface area (TPSA) is 86.8 Å². The molecule has 2 amide bonds. The first kappa shape index (κ1) is 27.0. The number of nitrogens with one attached hydrogen (secondary N) is 1. The number of benzene rings is 2. The number of hydrogen-bond donors (Lipinski definition) is 1. The summed E-state index contributed by atoms with van der Waals surface area (Å²) >= 11 is 12.0. The number of amides is 2. The molecule has 0 radical (unpaired) electrons. The summed E-state index contributed by atoms with van der Waals surface area (Å²) in [6, 6.07) is 10.9. The SMILES string of the molecule is CCCNC(=O)[C@H](C)N(Cc1ccc(Cl)cc1)C(=O)CN(c1ccc(Cl)cc1C)S(C)(=O)=O. The van der Waals surface area contributed by atoms with E-state index in [0.29, 0.717) is 27.8 Å². The fraction of sp³-hybridized carbons (Fsp3) is 0.391. The largest absolute Gasteiger partial charge is 0.354 e. The van der Waals surface area contributed by atoms with E-state index < -0.39 is 28.5 Å². The van der Waals surface area contributed by atoms with Crippen molar-refractivity contribution in [2.75, 3.05) is 23.7 Å². The summed E-state index contributed by atoms with van der Waals surface area (Å²) in [5, 5.41) is 3.80. The number of nitrogens with zero attached hydrogens (tertiary/aromatic N) is 2. The first-order valence-corrected chi connectivity index (χ1v) is 13.1. The van der Waals surface area contributed by atoms with Gasteiger partial charge in [-0.2, -0.15) is 0 Å². The Balaban J connectivity index is 2.39. The third-order valence-corrected chi connectivity index (χ3v) is 6.70. The molecule has 7 nitrogen and oxygen atoms in total. The number of sulfonamides is 1. The number of rotatable bonds is 10. The molecular weight excluding hydrogens is 485 g/mol. The van der Waals surface area contributed by atoms with Gasteiger partial charge < -0.3 is 10.2 Å². The normalized spacial score (nSPS) is 12.2. The summed E-state index contributed by atoms with van der Waals surface area (Å²) in [6.07, 6.45) is 1.79. The van der Waals surface area contributed by atoms with Gasteiger partial charge in [0.25, 0.3) is 0 Å². The van der Waals surface area contributed by atoms with E-state index in [2.05, 4.69) is 5.32 Å². The predicted molar refractivity (Wildman–Crippen MR) is 133 cm³/mol. The third-order valence-electron chi connectivity index (χ3n) is 5.09. The monoisotopic (exact) mass is 513 g/mol. The van der Waals surface area contributed by atoms with Crippen LogP contribution in [0, 0.1) is 6.92 Å². The average Bonchev–Trinajstić information content (AvgIpc) is 2.74. The van der Waals surface area contributed by atoms with Crippen LogP contribution in [-0.2, 0) is 26.2 Å². The minimum absolute atomic E-state index is 0.119. The van der Waals surface area contributed by atoms with Crippen molar-refractivity contribution in [3.05, 3.63) is 63.6 Å². The van der Waals surface area contributed by atoms with Crippen LogP contribution < -0.4 is 9.62 Å². The van der Waals surface area contributed by atoms with E-state index in [0.717, 1.165) is 22.5 Å². The van der Waals surface area contributed by atoms with Gasteiger partial charge >= 0.3 is 0 Å². The number of carbonyl (C=O) groups is 2. The molecule has 2 aromatic rings. The minimum Gasteiger partial charge on any atom is -0.354 e. The molecule has 0 spiro atoms. The van der Waals surface area contributed by atoms with E-state index in [-0.39, 0.29) is 12.5 Å². The van der Waals surface area contributed by atoms with Gasteiger partial charge in [0, 0.05) is 23.1 Å². The molecule has 0 fully saturated rings. The standard InChI is InChI=1S/C23H29Cl2N3O4S/c1-5-12-26-23(30)17(3)27(14-18-6-8-19(24)9-7-18)22(29)15-28(33(4,31)32)21-11-10-20(25)13-16(21)2/h6-11,13,17H,5,12,14-15H2,1-4H3,(H,26,30)/t17-/m0/s1. The van der Waals surface area contributed by atoms with Crippen LogP contribution in [0.25, 0.3) is 0 Å². The molecule has 1 N–H and O–H groups in total. The Morgan fingerprint density at radius 1 is 1.06 bits per heavy atom. The number of anilines is 1. The van der Waals surface area contributed by atoms with E-state index in [1.807, 2.05) is 6.92 Å². The Morgan fingerprint density at radius 2 is 1.67 bits per heavy atom. The Morgan fingerprint density at radius 3 is 2.21 bits per heavy atom. The van der Waals surface area contributed by atoms with Crippen molar-refractivity contribution in [1.82, 2.24) is 10.2 Å². The lowest BCUT2D eigenvalue weighted by atomic mass is 10.1. The molecule has 0 aliphatic heterocycles. The van der Waals surface area contributed by atoms with E-state index in [9.17, 15) is 18.0 Å². The van der Waals surface area contributed by atoms with Crippen LogP contribution in [0.4, 0.5) is 5.69 Å². The Bertz CT molecular complexity index is 1090. The molecule has 10 heteroatoms. The maximum Gasteiger partial charge on any atom is 0.244 e. The second-order valence-corrected chi connectivity index (χ2v) is 10.6. The van der Waals surface area contributed by atoms with Crippen molar-refractivity contribution in [1.29, 1.82) is 0 Å². The van der Waals surface area contributed by atoms with Crippen LogP contribution in [-0.4, -0.2) is 50.5 Å². The van der Waals surface area contributed by atoms with E-state index in [1.165, 1.54) is 4.90 Å². The summed E-state index contributed by atoms with van der Waals surface area (Å²) in [5.74, 6) is -0.823. The van der Waals surface area contributed by atoms with Crippen molar-refractivity contribution >= 4 is 50.7 Å². The van der Waals surface area contributed by atoms with Crippen molar-refractivity contribution < 1.29 is 18.0 Å². The van der Waals surface area contributed by atoms with E-state index in [4.69, 9.17) is 23.2 Å². The predicted octanol–water partition coefficient (Wildman–Crippen LogP) is 4.01. The fourth-order valence-corrected chi connectivity index (χ4v) is 4.52. The molecule has 0 saturated heterocycles. The molecule has 33 heavy (non-hydrogen) atoms. The van der Waals surface area contributed by atoms with Gasteiger partial charge in [0.2, 0.25) is 21.8 Å². The molecule has 0 heterocycles. The molecule has 2 aromatic carbocycles. The summed E-state index contributed by atoms with van der Waals surface area (Å²) in [7, 11) is -3.80. The number of carbonyl (C=O) groups excluding carboxylic acids is 2. The summed E-state index contributed by atoms with van der Waals surface area (Å²) in [5.41, 5.74) is 1.72. The van der Waals surface area contributed by atoms with Gasteiger partial charge in [0.1, 0.15) is 12.6 Å². The lowest BCUT2D eigenvalue weighted by Gasteiger charge is -2.32. The van der Waals surface area contributed by atoms with Crippen molar-refractivity contribution in [2.45, 2.75) is 39.8 Å². The minimum atomic E-state index is -3.80. The van der Waals surface area contributed by atoms with Crippen LogP contribution >= 0.6 is 23.2 Å². The molecule has 0 bridgehead atoms. The van der Waals surface area contributed by atoms with Crippen LogP contribution in [0.3, 0.4) is 0 Å². The van der Waals surface area contributed by atoms with E-state index in [1.54, 1.807) is 56.3 Å². The molecule has 2 rings (SSSR count). The zero-order chi connectivity index (χ0) is 24.8. The summed E-state index contributed by atoms with van der Waals surface area (Å²) in [4.78, 5) is 27.5. The highest BCUT2D eigenvalue weighted by Crippen LogP contribution is 2.26. The van der Waals surface area contributed by atoms with Gasteiger partial charge in [-0.05, 0) is 61.7 Å². The third kappa shape index (κ3) is 7.62. The Labute approximate surface area is 205 Å². The highest BCUT2D eigenvalue weighted by Gasteiger charge is 2.30. The number of halogens is 2. The van der Waals surface area contributed by atoms with Crippen LogP contribution in [0.15, 0.2) is 42.5 Å². The molecule has 0 aromatic heterocycles. The van der Waals surface area contributed by atoms with Crippen LogP contribution in [0.2, 0.25) is 10.0 Å². The average molecular weight is 514 g/mol. The first-order valence-electron chi connectivity index (χ1n) is 10.5. The van der Waals surface area contributed by atoms with Gasteiger partial charge in [0.15, 0.2) is 0 Å².